The maximum atomic E-state index is 13.5. The maximum Gasteiger partial charge on any atom is 0.259 e. The number of likely N-dealkylation sites (N-methyl/N-ethyl adjacent to an activating group) is 1. The molecule has 2 atom stereocenters. The lowest BCUT2D eigenvalue weighted by Gasteiger charge is -2.33. The van der Waals surface area contributed by atoms with E-state index in [-0.39, 0.29) is 18.6 Å². The van der Waals surface area contributed by atoms with Crippen LogP contribution in [0.4, 0.5) is 0 Å². The molecule has 8 heteroatoms. The quantitative estimate of drug-likeness (QED) is 0.661. The number of hydrogen-bond donors (Lipinski definition) is 1. The number of carbonyl (C=O) groups excluding carboxylic acids is 1. The van der Waals surface area contributed by atoms with Crippen molar-refractivity contribution in [3.05, 3.63) is 53.1 Å². The summed E-state index contributed by atoms with van der Waals surface area (Å²) in [5, 5.41) is 11.0. The monoisotopic (exact) mass is 494 g/mol. The molecule has 8 nitrogen and oxygen atoms in total. The highest BCUT2D eigenvalue weighted by Crippen LogP contribution is 2.31. The minimum atomic E-state index is -0.657. The van der Waals surface area contributed by atoms with E-state index in [0.29, 0.717) is 30.4 Å². The van der Waals surface area contributed by atoms with E-state index in [1.807, 2.05) is 13.8 Å². The van der Waals surface area contributed by atoms with Gasteiger partial charge in [0.1, 0.15) is 17.3 Å². The van der Waals surface area contributed by atoms with E-state index in [2.05, 4.69) is 46.1 Å². The van der Waals surface area contributed by atoms with E-state index in [4.69, 9.17) is 9.47 Å². The zero-order valence-corrected chi connectivity index (χ0v) is 21.7. The molecule has 1 unspecified atom stereocenters. The number of aliphatic hydroxyl groups is 1. The molecule has 1 N–H and O–H groups in total. The lowest BCUT2D eigenvalue weighted by atomic mass is 9.99. The molecular formula is C28H38N4O4. The van der Waals surface area contributed by atoms with Crippen molar-refractivity contribution in [3.8, 4) is 11.8 Å². The number of benzene rings is 1. The summed E-state index contributed by atoms with van der Waals surface area (Å²) < 4.78 is 12.3. The molecule has 0 aliphatic carbocycles. The van der Waals surface area contributed by atoms with Crippen molar-refractivity contribution >= 4 is 5.91 Å². The highest BCUT2D eigenvalue weighted by atomic mass is 16.5. The lowest BCUT2D eigenvalue weighted by molar-refractivity contribution is 0.0275. The fourth-order valence-electron chi connectivity index (χ4n) is 5.58. The van der Waals surface area contributed by atoms with Crippen molar-refractivity contribution in [2.24, 2.45) is 0 Å². The largest absolute Gasteiger partial charge is 0.473 e. The van der Waals surface area contributed by atoms with E-state index >= 15 is 0 Å². The summed E-state index contributed by atoms with van der Waals surface area (Å²) >= 11 is 0. The van der Waals surface area contributed by atoms with Gasteiger partial charge in [0, 0.05) is 38.8 Å². The molecule has 0 bridgehead atoms. The first-order valence-corrected chi connectivity index (χ1v) is 13.1. The van der Waals surface area contributed by atoms with Crippen molar-refractivity contribution < 1.29 is 19.4 Å². The number of hydrogen-bond acceptors (Lipinski definition) is 7. The number of likely N-dealkylation sites (tertiary alicyclic amines) is 1. The van der Waals surface area contributed by atoms with E-state index in [1.165, 1.54) is 11.1 Å². The van der Waals surface area contributed by atoms with Crippen LogP contribution < -0.4 is 9.47 Å². The molecular weight excluding hydrogens is 456 g/mol. The van der Waals surface area contributed by atoms with Crippen LogP contribution in [0.1, 0.15) is 48.2 Å². The van der Waals surface area contributed by atoms with Crippen LogP contribution in [-0.4, -0.2) is 94.8 Å². The second-order valence-corrected chi connectivity index (χ2v) is 11.1. The Morgan fingerprint density at radius 2 is 1.97 bits per heavy atom. The van der Waals surface area contributed by atoms with Crippen LogP contribution in [0.3, 0.4) is 0 Å². The molecule has 0 saturated carbocycles. The third kappa shape index (κ3) is 5.82. The average Bonchev–Trinajstić information content (AvgIpc) is 2.91. The van der Waals surface area contributed by atoms with Crippen molar-refractivity contribution in [3.63, 3.8) is 0 Å². The fourth-order valence-corrected chi connectivity index (χ4v) is 5.58. The van der Waals surface area contributed by atoms with Crippen LogP contribution in [0.5, 0.6) is 11.8 Å². The van der Waals surface area contributed by atoms with Crippen molar-refractivity contribution in [2.75, 3.05) is 46.3 Å². The summed E-state index contributed by atoms with van der Waals surface area (Å²) in [7, 11) is 2.09. The summed E-state index contributed by atoms with van der Waals surface area (Å²) in [6, 6.07) is 12.0. The van der Waals surface area contributed by atoms with Gasteiger partial charge < -0.3 is 24.4 Å². The van der Waals surface area contributed by atoms with Crippen LogP contribution in [0.2, 0.25) is 0 Å². The molecule has 5 rings (SSSR count). The second-order valence-electron chi connectivity index (χ2n) is 11.1. The first-order chi connectivity index (χ1) is 17.3. The van der Waals surface area contributed by atoms with Gasteiger partial charge in [-0.2, -0.15) is 4.98 Å². The zero-order valence-electron chi connectivity index (χ0n) is 21.7. The minimum Gasteiger partial charge on any atom is -0.473 e. The molecule has 1 aromatic heterocycles. The molecule has 1 aromatic carbocycles. The Bertz CT molecular complexity index is 1090. The predicted molar refractivity (Wildman–Crippen MR) is 137 cm³/mol. The third-order valence-electron chi connectivity index (χ3n) is 7.28. The number of pyridine rings is 1. The number of β-amino-alcohol motifs (C(OH)–C–C–N with tert-alkyl or cyclic N) is 1. The Morgan fingerprint density at radius 3 is 2.78 bits per heavy atom. The van der Waals surface area contributed by atoms with Gasteiger partial charge in [-0.25, -0.2) is 0 Å². The molecule has 194 valence electrons. The summed E-state index contributed by atoms with van der Waals surface area (Å²) in [5.41, 5.74) is 2.45. The number of rotatable bonds is 6. The van der Waals surface area contributed by atoms with Gasteiger partial charge in [0.25, 0.3) is 5.91 Å². The van der Waals surface area contributed by atoms with Crippen molar-refractivity contribution in [1.82, 2.24) is 19.7 Å². The van der Waals surface area contributed by atoms with E-state index in [9.17, 15) is 9.90 Å². The molecule has 36 heavy (non-hydrogen) atoms. The summed E-state index contributed by atoms with van der Waals surface area (Å²) in [4.78, 5) is 24.3. The fraction of sp³-hybridized carbons (Fsp3) is 0.571. The minimum absolute atomic E-state index is 0.0807. The Balaban J connectivity index is 1.26. The molecule has 0 spiro atoms. The average molecular weight is 495 g/mol. The molecule has 1 fully saturated rings. The molecule has 1 saturated heterocycles. The number of aromatic nitrogens is 1. The number of ether oxygens (including phenoxy) is 2. The maximum absolute atomic E-state index is 13.5. The van der Waals surface area contributed by atoms with Crippen LogP contribution in [-0.2, 0) is 13.0 Å². The van der Waals surface area contributed by atoms with E-state index < -0.39 is 11.7 Å². The highest BCUT2D eigenvalue weighted by Gasteiger charge is 2.36. The Morgan fingerprint density at radius 1 is 1.17 bits per heavy atom. The smallest absolute Gasteiger partial charge is 0.259 e. The topological polar surface area (TPSA) is 78.4 Å². The Hall–Kier alpha value is -2.68. The van der Waals surface area contributed by atoms with Gasteiger partial charge in [-0.15, -0.1) is 0 Å². The summed E-state index contributed by atoms with van der Waals surface area (Å²) in [6.45, 7) is 8.69. The van der Waals surface area contributed by atoms with Crippen LogP contribution in [0.25, 0.3) is 0 Å². The first-order valence-electron chi connectivity index (χ1n) is 13.1. The van der Waals surface area contributed by atoms with Gasteiger partial charge >= 0.3 is 0 Å². The molecule has 3 aliphatic heterocycles. The molecule has 2 aromatic rings. The van der Waals surface area contributed by atoms with Gasteiger partial charge in [0.15, 0.2) is 0 Å². The number of fused-ring (bicyclic) bond motifs is 2. The Labute approximate surface area is 213 Å². The van der Waals surface area contributed by atoms with Gasteiger partial charge in [0.05, 0.1) is 12.6 Å². The van der Waals surface area contributed by atoms with Gasteiger partial charge in [-0.3, -0.25) is 9.69 Å². The van der Waals surface area contributed by atoms with Crippen molar-refractivity contribution in [2.45, 2.75) is 57.5 Å². The number of piperidine rings is 1. The number of amides is 1. The van der Waals surface area contributed by atoms with Gasteiger partial charge in [-0.05, 0) is 63.9 Å². The molecule has 4 heterocycles. The predicted octanol–water partition coefficient (Wildman–Crippen LogP) is 2.59. The van der Waals surface area contributed by atoms with Gasteiger partial charge in [0.2, 0.25) is 11.8 Å². The number of carbonyl (C=O) groups is 1. The zero-order chi connectivity index (χ0) is 25.3. The molecule has 0 radical (unpaired) electrons. The van der Waals surface area contributed by atoms with Gasteiger partial charge in [-0.1, -0.05) is 24.3 Å². The van der Waals surface area contributed by atoms with Crippen molar-refractivity contribution in [1.29, 1.82) is 0 Å². The number of aliphatic hydroxyl groups excluding tert-OH is 1. The van der Waals surface area contributed by atoms with E-state index in [1.54, 1.807) is 17.0 Å². The summed E-state index contributed by atoms with van der Waals surface area (Å²) in [5.74, 6) is 0.614. The second kappa shape index (κ2) is 10.4. The van der Waals surface area contributed by atoms with E-state index in [0.717, 1.165) is 45.4 Å². The third-order valence-corrected chi connectivity index (χ3v) is 7.28. The van der Waals surface area contributed by atoms with Crippen LogP contribution in [0.15, 0.2) is 36.4 Å². The lowest BCUT2D eigenvalue weighted by Crippen LogP contribution is -2.48. The highest BCUT2D eigenvalue weighted by molar-refractivity contribution is 5.97. The Kier molecular flexibility index (Phi) is 7.19. The normalized spacial score (nSPS) is 23.3. The number of nitrogens with zero attached hydrogens (tertiary/aromatic N) is 4. The first kappa shape index (κ1) is 25.0. The molecule has 1 amide bonds. The standard InChI is InChI=1S/C28H38N4O4/c1-28(2)19-32(17-22(33)16-31-14-12-20-7-4-5-8-21(20)15-31)27(34)24-10-11-25(29-26(24)36-28)35-23-9-6-13-30(3)18-23/h4-5,7-8,10-11,22-23,33H,6,9,12-19H2,1-3H3/t22?,23-/m1/s1. The SMILES string of the molecule is CN1CCC[C@@H](Oc2ccc3c(n2)OC(C)(C)CN(CC(O)CN2CCc4ccccc4C2)C3=O)C1. The van der Waals surface area contributed by atoms with Crippen LogP contribution >= 0.6 is 0 Å². The summed E-state index contributed by atoms with van der Waals surface area (Å²) in [6.07, 6.45) is 2.48. The van der Waals surface area contributed by atoms with Crippen LogP contribution in [0, 0.1) is 0 Å². The molecule has 3 aliphatic rings.